The van der Waals surface area contributed by atoms with Crippen LogP contribution in [0.2, 0.25) is 5.02 Å². The number of nitrogens with one attached hydrogen (secondary N) is 1. The van der Waals surface area contributed by atoms with Crippen molar-refractivity contribution >= 4 is 34.1 Å². The number of aryl methyl sites for hydroxylation is 2. The van der Waals surface area contributed by atoms with Gasteiger partial charge < -0.3 is 9.88 Å². The highest BCUT2D eigenvalue weighted by Crippen LogP contribution is 2.36. The van der Waals surface area contributed by atoms with Crippen LogP contribution < -0.4 is 10.7 Å². The predicted octanol–water partition coefficient (Wildman–Crippen LogP) is 4.87. The van der Waals surface area contributed by atoms with Crippen molar-refractivity contribution < 1.29 is 18.0 Å². The summed E-state index contributed by atoms with van der Waals surface area (Å²) in [6.07, 6.45) is -1.44. The monoisotopic (exact) mass is 406 g/mol. The van der Waals surface area contributed by atoms with Crippen molar-refractivity contribution in [2.24, 2.45) is 0 Å². The number of pyridine rings is 1. The fourth-order valence-electron chi connectivity index (χ4n) is 3.54. The van der Waals surface area contributed by atoms with Crippen molar-refractivity contribution in [1.29, 1.82) is 0 Å². The number of amides is 1. The van der Waals surface area contributed by atoms with Crippen molar-refractivity contribution in [3.63, 3.8) is 0 Å². The molecule has 0 fully saturated rings. The molecule has 1 aliphatic heterocycles. The second kappa shape index (κ2) is 6.67. The predicted molar refractivity (Wildman–Crippen MR) is 101 cm³/mol. The minimum absolute atomic E-state index is 0.0892. The summed E-state index contributed by atoms with van der Waals surface area (Å²) in [6, 6.07) is 8.44. The highest BCUT2D eigenvalue weighted by atomic mass is 35.5. The van der Waals surface area contributed by atoms with Gasteiger partial charge in [0, 0.05) is 23.8 Å². The van der Waals surface area contributed by atoms with Crippen LogP contribution in [0.5, 0.6) is 0 Å². The molecule has 0 radical (unpaired) electrons. The molecule has 0 bridgehead atoms. The van der Waals surface area contributed by atoms with Crippen molar-refractivity contribution in [3.8, 4) is 0 Å². The Hall–Kier alpha value is -2.80. The molecule has 2 aromatic carbocycles. The van der Waals surface area contributed by atoms with Crippen molar-refractivity contribution in [1.82, 2.24) is 4.57 Å². The van der Waals surface area contributed by atoms with E-state index < -0.39 is 28.1 Å². The molecule has 0 saturated carbocycles. The molecule has 1 N–H and O–H groups in total. The first-order chi connectivity index (χ1) is 13.3. The number of hydrogen-bond donors (Lipinski definition) is 1. The summed E-state index contributed by atoms with van der Waals surface area (Å²) in [6.45, 7) is 0.660. The number of anilines is 1. The summed E-state index contributed by atoms with van der Waals surface area (Å²) >= 11 is 5.60. The Balaban J connectivity index is 1.75. The van der Waals surface area contributed by atoms with Crippen LogP contribution >= 0.6 is 11.6 Å². The molecule has 0 atom stereocenters. The third kappa shape index (κ3) is 3.16. The van der Waals surface area contributed by atoms with Crippen LogP contribution in [0.1, 0.15) is 27.9 Å². The standard InChI is InChI=1S/C20H14ClF3N2O2/c21-16-7-6-12(9-15(16)20(22,23)24)25-19(28)14-10-26-8-2-4-11-3-1-5-13(17(11)26)18(14)27/h1,3,5-7,9-10H,2,4,8H2,(H,25,28). The molecule has 3 aromatic rings. The maximum Gasteiger partial charge on any atom is 0.417 e. The van der Waals surface area contributed by atoms with Crippen molar-refractivity contribution in [2.45, 2.75) is 25.6 Å². The van der Waals surface area contributed by atoms with Gasteiger partial charge >= 0.3 is 6.18 Å². The zero-order valence-corrected chi connectivity index (χ0v) is 15.2. The number of hydrogen-bond acceptors (Lipinski definition) is 2. The molecule has 1 amide bonds. The third-order valence-corrected chi connectivity index (χ3v) is 5.13. The lowest BCUT2D eigenvalue weighted by molar-refractivity contribution is -0.137. The van der Waals surface area contributed by atoms with Gasteiger partial charge in [0.15, 0.2) is 0 Å². The molecule has 4 nitrogen and oxygen atoms in total. The summed E-state index contributed by atoms with van der Waals surface area (Å²) in [7, 11) is 0. The SMILES string of the molecule is O=C(Nc1ccc(Cl)c(C(F)(F)F)c1)c1cn2c3c(cccc3c1=O)CCC2. The van der Waals surface area contributed by atoms with E-state index in [4.69, 9.17) is 11.6 Å². The van der Waals surface area contributed by atoms with Gasteiger partial charge in [-0.25, -0.2) is 0 Å². The summed E-state index contributed by atoms with van der Waals surface area (Å²) < 4.78 is 40.9. The van der Waals surface area contributed by atoms with E-state index in [9.17, 15) is 22.8 Å². The van der Waals surface area contributed by atoms with Gasteiger partial charge in [0.25, 0.3) is 5.91 Å². The highest BCUT2D eigenvalue weighted by molar-refractivity contribution is 6.31. The molecule has 0 aliphatic carbocycles. The van der Waals surface area contributed by atoms with Crippen LogP contribution in [0.25, 0.3) is 10.9 Å². The number of carbonyl (C=O) groups is 1. The topological polar surface area (TPSA) is 51.1 Å². The van der Waals surface area contributed by atoms with Gasteiger partial charge in [-0.2, -0.15) is 13.2 Å². The van der Waals surface area contributed by atoms with Crippen LogP contribution in [0.15, 0.2) is 47.4 Å². The van der Waals surface area contributed by atoms with Gasteiger partial charge in [0.1, 0.15) is 5.56 Å². The number of rotatable bonds is 2. The lowest BCUT2D eigenvalue weighted by Gasteiger charge is -2.20. The average Bonchev–Trinajstić information content (AvgIpc) is 2.65. The molecule has 28 heavy (non-hydrogen) atoms. The van der Waals surface area contributed by atoms with Crippen LogP contribution in [-0.4, -0.2) is 10.5 Å². The van der Waals surface area contributed by atoms with Crippen molar-refractivity contribution in [2.75, 3.05) is 5.32 Å². The van der Waals surface area contributed by atoms with Crippen LogP contribution in [-0.2, 0) is 19.1 Å². The van der Waals surface area contributed by atoms with E-state index in [-0.39, 0.29) is 11.3 Å². The molecule has 1 aromatic heterocycles. The molecular formula is C20H14ClF3N2O2. The molecular weight excluding hydrogens is 393 g/mol. The molecule has 2 heterocycles. The van der Waals surface area contributed by atoms with E-state index in [0.29, 0.717) is 11.9 Å². The third-order valence-electron chi connectivity index (χ3n) is 4.80. The molecule has 4 rings (SSSR count). The maximum absolute atomic E-state index is 13.0. The van der Waals surface area contributed by atoms with E-state index >= 15 is 0 Å². The van der Waals surface area contributed by atoms with E-state index in [1.807, 2.05) is 10.6 Å². The number of aromatic nitrogens is 1. The van der Waals surface area contributed by atoms with Crippen LogP contribution in [0.3, 0.4) is 0 Å². The number of benzene rings is 2. The van der Waals surface area contributed by atoms with Gasteiger partial charge in [-0.3, -0.25) is 9.59 Å². The Bertz CT molecular complexity index is 1170. The number of halogens is 4. The summed E-state index contributed by atoms with van der Waals surface area (Å²) in [5.41, 5.74) is 0.143. The Morgan fingerprint density at radius 2 is 1.96 bits per heavy atom. The lowest BCUT2D eigenvalue weighted by Crippen LogP contribution is -2.25. The molecule has 8 heteroatoms. The first-order valence-electron chi connectivity index (χ1n) is 8.59. The molecule has 0 spiro atoms. The van der Waals surface area contributed by atoms with Gasteiger partial charge in [-0.1, -0.05) is 23.7 Å². The molecule has 0 saturated heterocycles. The maximum atomic E-state index is 13.0. The minimum Gasteiger partial charge on any atom is -0.346 e. The first-order valence-corrected chi connectivity index (χ1v) is 8.96. The van der Waals surface area contributed by atoms with E-state index in [1.54, 1.807) is 12.1 Å². The second-order valence-electron chi connectivity index (χ2n) is 6.63. The average molecular weight is 407 g/mol. The van der Waals surface area contributed by atoms with Gasteiger partial charge in [-0.15, -0.1) is 0 Å². The quantitative estimate of drug-likeness (QED) is 0.660. The Morgan fingerprint density at radius 1 is 1.18 bits per heavy atom. The van der Waals surface area contributed by atoms with Gasteiger partial charge in [0.05, 0.1) is 16.1 Å². The zero-order chi connectivity index (χ0) is 20.1. The van der Waals surface area contributed by atoms with Crippen molar-refractivity contribution in [3.05, 3.63) is 74.5 Å². The molecule has 144 valence electrons. The smallest absolute Gasteiger partial charge is 0.346 e. The van der Waals surface area contributed by atoms with E-state index in [1.165, 1.54) is 12.3 Å². The summed E-state index contributed by atoms with van der Waals surface area (Å²) in [5.74, 6) is -0.762. The van der Waals surface area contributed by atoms with E-state index in [2.05, 4.69) is 5.32 Å². The van der Waals surface area contributed by atoms with Crippen LogP contribution in [0.4, 0.5) is 18.9 Å². The lowest BCUT2D eigenvalue weighted by atomic mass is 9.99. The summed E-state index contributed by atoms with van der Waals surface area (Å²) in [4.78, 5) is 25.5. The molecule has 0 unspecified atom stereocenters. The number of alkyl halides is 3. The number of carbonyl (C=O) groups excluding carboxylic acids is 1. The van der Waals surface area contributed by atoms with Gasteiger partial charge in [-0.05, 0) is 42.7 Å². The fraction of sp³-hybridized carbons (Fsp3) is 0.200. The van der Waals surface area contributed by atoms with E-state index in [0.717, 1.165) is 36.1 Å². The van der Waals surface area contributed by atoms with Gasteiger partial charge in [0.2, 0.25) is 5.43 Å². The molecule has 1 aliphatic rings. The van der Waals surface area contributed by atoms with Crippen LogP contribution in [0, 0.1) is 0 Å². The minimum atomic E-state index is -4.65. The first kappa shape index (κ1) is 18.6. The Kier molecular flexibility index (Phi) is 4.42. The number of para-hydroxylation sites is 1. The number of nitrogens with zero attached hydrogens (tertiary/aromatic N) is 1. The highest BCUT2D eigenvalue weighted by Gasteiger charge is 2.33. The summed E-state index contributed by atoms with van der Waals surface area (Å²) in [5, 5.41) is 2.34. The largest absolute Gasteiger partial charge is 0.417 e. The Morgan fingerprint density at radius 3 is 2.71 bits per heavy atom. The Labute approximate surface area is 162 Å². The fourth-order valence-corrected chi connectivity index (χ4v) is 3.76. The second-order valence-corrected chi connectivity index (χ2v) is 7.04. The zero-order valence-electron chi connectivity index (χ0n) is 14.4. The normalized spacial score (nSPS) is 13.6.